The molecule has 0 spiro atoms. The van der Waals surface area contributed by atoms with E-state index in [0.29, 0.717) is 19.0 Å². The number of fused-ring (bicyclic) bond motifs is 1. The lowest BCUT2D eigenvalue weighted by molar-refractivity contribution is -0.130. The maximum absolute atomic E-state index is 12.0. The number of likely N-dealkylation sites (tertiary alicyclic amines) is 1. The van der Waals surface area contributed by atoms with Gasteiger partial charge in [-0.1, -0.05) is 6.42 Å². The Morgan fingerprint density at radius 2 is 1.92 bits per heavy atom. The zero-order chi connectivity index (χ0) is 17.6. The maximum atomic E-state index is 12.0. The van der Waals surface area contributed by atoms with Crippen LogP contribution in [0.5, 0.6) is 0 Å². The Kier molecular flexibility index (Phi) is 6.29. The largest absolute Gasteiger partial charge is 0.343 e. The number of amides is 3. The van der Waals surface area contributed by atoms with E-state index in [2.05, 4.69) is 10.6 Å². The van der Waals surface area contributed by atoms with Crippen LogP contribution in [0.1, 0.15) is 54.6 Å². The highest BCUT2D eigenvalue weighted by atomic mass is 32.1. The number of rotatable bonds is 4. The Balaban J connectivity index is 1.37. The van der Waals surface area contributed by atoms with Gasteiger partial charge in [0.05, 0.1) is 12.2 Å². The van der Waals surface area contributed by atoms with Crippen LogP contribution in [-0.2, 0) is 24.2 Å². The smallest absolute Gasteiger partial charge is 0.315 e. The molecule has 2 N–H and O–H groups in total. The maximum Gasteiger partial charge on any atom is 0.315 e. The summed E-state index contributed by atoms with van der Waals surface area (Å²) in [5, 5.41) is 6.90. The molecule has 7 heteroatoms. The number of nitrogens with zero attached hydrogens (tertiary/aromatic N) is 2. The first-order valence-corrected chi connectivity index (χ1v) is 10.2. The van der Waals surface area contributed by atoms with Crippen LogP contribution in [0.25, 0.3) is 0 Å². The van der Waals surface area contributed by atoms with Crippen LogP contribution in [-0.4, -0.2) is 41.5 Å². The summed E-state index contributed by atoms with van der Waals surface area (Å²) >= 11 is 1.75. The van der Waals surface area contributed by atoms with E-state index in [9.17, 15) is 9.59 Å². The third-order valence-corrected chi connectivity index (χ3v) is 6.31. The molecule has 0 aromatic carbocycles. The van der Waals surface area contributed by atoms with Crippen LogP contribution >= 0.6 is 11.3 Å². The van der Waals surface area contributed by atoms with E-state index < -0.39 is 0 Å². The summed E-state index contributed by atoms with van der Waals surface area (Å²) in [5.41, 5.74) is 1.25. The second kappa shape index (κ2) is 8.65. The van der Waals surface area contributed by atoms with Gasteiger partial charge in [0, 0.05) is 31.4 Å². The molecule has 3 amide bonds. The van der Waals surface area contributed by atoms with Crippen molar-refractivity contribution in [3.05, 3.63) is 15.6 Å². The average Bonchev–Trinajstić information content (AvgIpc) is 2.87. The van der Waals surface area contributed by atoms with Crippen LogP contribution in [0.3, 0.4) is 0 Å². The van der Waals surface area contributed by atoms with Gasteiger partial charge in [-0.15, -0.1) is 11.3 Å². The first-order valence-electron chi connectivity index (χ1n) is 9.36. The normalized spacial score (nSPS) is 18.4. The van der Waals surface area contributed by atoms with Gasteiger partial charge in [0.2, 0.25) is 5.91 Å². The number of aromatic nitrogens is 1. The van der Waals surface area contributed by atoms with E-state index in [1.165, 1.54) is 29.8 Å². The minimum Gasteiger partial charge on any atom is -0.343 e. The van der Waals surface area contributed by atoms with E-state index in [4.69, 9.17) is 4.98 Å². The molecule has 3 rings (SSSR count). The molecule has 1 fully saturated rings. The fraction of sp³-hybridized carbons (Fsp3) is 0.722. The second-order valence-corrected chi connectivity index (χ2v) is 8.22. The highest BCUT2D eigenvalue weighted by Gasteiger charge is 2.21. The molecule has 0 bridgehead atoms. The third-order valence-electron chi connectivity index (χ3n) is 5.15. The molecule has 138 valence electrons. The Bertz CT molecular complexity index is 585. The minimum absolute atomic E-state index is 0.126. The van der Waals surface area contributed by atoms with Gasteiger partial charge < -0.3 is 15.5 Å². The summed E-state index contributed by atoms with van der Waals surface area (Å²) < 4.78 is 0. The van der Waals surface area contributed by atoms with Crippen LogP contribution in [0, 0.1) is 5.92 Å². The number of hydrogen-bond acceptors (Lipinski definition) is 4. The molecule has 0 saturated carbocycles. The van der Waals surface area contributed by atoms with Crippen molar-refractivity contribution in [3.63, 3.8) is 0 Å². The van der Waals surface area contributed by atoms with Crippen molar-refractivity contribution >= 4 is 23.3 Å². The average molecular weight is 365 g/mol. The van der Waals surface area contributed by atoms with Crippen LogP contribution in [0.15, 0.2) is 0 Å². The summed E-state index contributed by atoms with van der Waals surface area (Å²) in [6.07, 6.45) is 7.91. The molecule has 1 aromatic rings. The predicted octanol–water partition coefficient (Wildman–Crippen LogP) is 2.47. The van der Waals surface area contributed by atoms with E-state index >= 15 is 0 Å². The summed E-state index contributed by atoms with van der Waals surface area (Å²) in [5.74, 6) is 0.600. The van der Waals surface area contributed by atoms with E-state index in [-0.39, 0.29) is 11.9 Å². The Labute approximate surface area is 153 Å². The third kappa shape index (κ3) is 5.17. The summed E-state index contributed by atoms with van der Waals surface area (Å²) in [6.45, 7) is 4.39. The number of thiazole rings is 1. The van der Waals surface area contributed by atoms with Gasteiger partial charge in [-0.05, 0) is 44.4 Å². The van der Waals surface area contributed by atoms with Crippen molar-refractivity contribution in [2.45, 2.75) is 58.4 Å². The molecular weight excluding hydrogens is 336 g/mol. The number of piperidine rings is 1. The van der Waals surface area contributed by atoms with Crippen LogP contribution in [0.2, 0.25) is 0 Å². The van der Waals surface area contributed by atoms with Crippen molar-refractivity contribution in [2.24, 2.45) is 5.92 Å². The van der Waals surface area contributed by atoms with E-state index in [1.807, 2.05) is 4.90 Å². The van der Waals surface area contributed by atoms with Crippen molar-refractivity contribution in [2.75, 3.05) is 19.6 Å². The van der Waals surface area contributed by atoms with Gasteiger partial charge in [-0.25, -0.2) is 9.78 Å². The molecule has 0 radical (unpaired) electrons. The number of hydrogen-bond donors (Lipinski definition) is 2. The Hall–Kier alpha value is -1.63. The van der Waals surface area contributed by atoms with Gasteiger partial charge in [-0.3, -0.25) is 4.79 Å². The SMILES string of the molecule is CC(=O)N1CCC(CNC(=O)NCc2nc3c(s2)CCCCC3)CC1. The van der Waals surface area contributed by atoms with Crippen molar-refractivity contribution in [1.82, 2.24) is 20.5 Å². The standard InChI is InChI=1S/C18H28N4O2S/c1-13(23)22-9-7-14(8-10-22)11-19-18(24)20-12-17-21-15-5-3-2-4-6-16(15)25-17/h14H,2-12H2,1H3,(H2,19,20,24). The summed E-state index contributed by atoms with van der Waals surface area (Å²) in [6, 6.07) is -0.126. The number of urea groups is 1. The van der Waals surface area contributed by atoms with Gasteiger partial charge >= 0.3 is 6.03 Å². The lowest BCUT2D eigenvalue weighted by Crippen LogP contribution is -2.42. The molecule has 25 heavy (non-hydrogen) atoms. The number of nitrogens with one attached hydrogen (secondary N) is 2. The Morgan fingerprint density at radius 1 is 1.16 bits per heavy atom. The van der Waals surface area contributed by atoms with Gasteiger partial charge in [-0.2, -0.15) is 0 Å². The van der Waals surface area contributed by atoms with Gasteiger partial charge in [0.1, 0.15) is 5.01 Å². The lowest BCUT2D eigenvalue weighted by atomic mass is 9.97. The second-order valence-electron chi connectivity index (χ2n) is 7.05. The quantitative estimate of drug-likeness (QED) is 0.806. The lowest BCUT2D eigenvalue weighted by Gasteiger charge is -2.31. The molecule has 0 unspecified atom stereocenters. The molecular formula is C18H28N4O2S. The molecule has 6 nitrogen and oxygen atoms in total. The molecule has 2 heterocycles. The minimum atomic E-state index is -0.126. The summed E-state index contributed by atoms with van der Waals surface area (Å²) in [7, 11) is 0. The number of carbonyl (C=O) groups is 2. The Morgan fingerprint density at radius 3 is 2.68 bits per heavy atom. The van der Waals surface area contributed by atoms with E-state index in [1.54, 1.807) is 18.3 Å². The molecule has 1 saturated heterocycles. The monoisotopic (exact) mass is 364 g/mol. The fourth-order valence-corrected chi connectivity index (χ4v) is 4.66. The van der Waals surface area contributed by atoms with Crippen molar-refractivity contribution in [1.29, 1.82) is 0 Å². The van der Waals surface area contributed by atoms with Gasteiger partial charge in [0.15, 0.2) is 0 Å². The molecule has 2 aliphatic rings. The van der Waals surface area contributed by atoms with Crippen LogP contribution < -0.4 is 10.6 Å². The van der Waals surface area contributed by atoms with Crippen molar-refractivity contribution in [3.8, 4) is 0 Å². The predicted molar refractivity (Wildman–Crippen MR) is 98.6 cm³/mol. The number of aryl methyl sites for hydroxylation is 2. The first-order chi connectivity index (χ1) is 12.1. The molecule has 1 aliphatic heterocycles. The highest BCUT2D eigenvalue weighted by molar-refractivity contribution is 7.11. The molecule has 1 aliphatic carbocycles. The van der Waals surface area contributed by atoms with Crippen LogP contribution in [0.4, 0.5) is 4.79 Å². The molecule has 0 atom stereocenters. The zero-order valence-corrected chi connectivity index (χ0v) is 15.8. The van der Waals surface area contributed by atoms with Crippen molar-refractivity contribution < 1.29 is 9.59 Å². The molecule has 1 aromatic heterocycles. The summed E-state index contributed by atoms with van der Waals surface area (Å²) in [4.78, 5) is 31.3. The zero-order valence-electron chi connectivity index (χ0n) is 15.0. The number of carbonyl (C=O) groups excluding carboxylic acids is 2. The highest BCUT2D eigenvalue weighted by Crippen LogP contribution is 2.25. The van der Waals surface area contributed by atoms with Gasteiger partial charge in [0.25, 0.3) is 0 Å². The first kappa shape index (κ1) is 18.2. The van der Waals surface area contributed by atoms with E-state index in [0.717, 1.165) is 43.8 Å². The fourth-order valence-electron chi connectivity index (χ4n) is 3.57. The topological polar surface area (TPSA) is 74.3 Å².